The number of sulfonamides is 1. The van der Waals surface area contributed by atoms with Crippen LogP contribution in [-0.2, 0) is 26.2 Å². The summed E-state index contributed by atoms with van der Waals surface area (Å²) in [6.07, 6.45) is 0.347. The number of halogens is 1. The molecule has 3 aromatic carbocycles. The molecule has 0 saturated carbocycles. The Morgan fingerprint density at radius 3 is 2.21 bits per heavy atom. The Hall–Kier alpha value is -3.56. The molecule has 0 unspecified atom stereocenters. The standard InChI is InChI=1S/C29H34ClN3O5S/c1-5-27(29(35)31-21(2)3)32(19-22-10-7-6-8-11-22)28(34)20-33(24-13-9-12-23(30)18-24)39(36,37)26-16-14-25(38-4)15-17-26/h6-18,21,27H,5,19-20H2,1-4H3,(H,31,35)/t27-/m0/s1. The molecule has 0 aliphatic carbocycles. The lowest BCUT2D eigenvalue weighted by atomic mass is 10.1. The quantitative estimate of drug-likeness (QED) is 0.334. The molecule has 3 aromatic rings. The van der Waals surface area contributed by atoms with Gasteiger partial charge in [-0.15, -0.1) is 0 Å². The van der Waals surface area contributed by atoms with Crippen molar-refractivity contribution in [2.45, 2.75) is 50.7 Å². The molecular weight excluding hydrogens is 538 g/mol. The number of hydrogen-bond acceptors (Lipinski definition) is 5. The Kier molecular flexibility index (Phi) is 10.4. The maximum Gasteiger partial charge on any atom is 0.264 e. The van der Waals surface area contributed by atoms with Gasteiger partial charge in [-0.3, -0.25) is 13.9 Å². The summed E-state index contributed by atoms with van der Waals surface area (Å²) in [5.74, 6) is -0.332. The lowest BCUT2D eigenvalue weighted by molar-refractivity contribution is -0.140. The van der Waals surface area contributed by atoms with E-state index in [0.717, 1.165) is 9.87 Å². The van der Waals surface area contributed by atoms with Gasteiger partial charge in [0.15, 0.2) is 0 Å². The van der Waals surface area contributed by atoms with E-state index in [-0.39, 0.29) is 29.1 Å². The maximum atomic E-state index is 14.0. The predicted molar refractivity (Wildman–Crippen MR) is 153 cm³/mol. The zero-order valence-electron chi connectivity index (χ0n) is 22.5. The zero-order valence-corrected chi connectivity index (χ0v) is 24.1. The minimum Gasteiger partial charge on any atom is -0.497 e. The summed E-state index contributed by atoms with van der Waals surface area (Å²) in [4.78, 5) is 28.5. The number of nitrogens with zero attached hydrogens (tertiary/aromatic N) is 2. The number of methoxy groups -OCH3 is 1. The van der Waals surface area contributed by atoms with Crippen LogP contribution in [0.1, 0.15) is 32.8 Å². The molecule has 0 aromatic heterocycles. The van der Waals surface area contributed by atoms with E-state index in [4.69, 9.17) is 16.3 Å². The monoisotopic (exact) mass is 571 g/mol. The van der Waals surface area contributed by atoms with Gasteiger partial charge in [-0.2, -0.15) is 0 Å². The summed E-state index contributed by atoms with van der Waals surface area (Å²) in [6, 6.07) is 20.6. The summed E-state index contributed by atoms with van der Waals surface area (Å²) < 4.78 is 33.9. The smallest absolute Gasteiger partial charge is 0.264 e. The normalized spacial score (nSPS) is 12.1. The SMILES string of the molecule is CC[C@@H](C(=O)NC(C)C)N(Cc1ccccc1)C(=O)CN(c1cccc(Cl)c1)S(=O)(=O)c1ccc(OC)cc1. The van der Waals surface area contributed by atoms with E-state index >= 15 is 0 Å². The van der Waals surface area contributed by atoms with E-state index in [1.54, 1.807) is 18.2 Å². The van der Waals surface area contributed by atoms with Crippen LogP contribution in [0.15, 0.2) is 83.8 Å². The van der Waals surface area contributed by atoms with Gasteiger partial charge in [0.05, 0.1) is 17.7 Å². The highest BCUT2D eigenvalue weighted by Crippen LogP contribution is 2.28. The van der Waals surface area contributed by atoms with Crippen molar-refractivity contribution in [2.75, 3.05) is 18.0 Å². The van der Waals surface area contributed by atoms with E-state index in [1.807, 2.05) is 51.1 Å². The second-order valence-corrected chi connectivity index (χ2v) is 11.6. The van der Waals surface area contributed by atoms with Gasteiger partial charge in [0, 0.05) is 17.6 Å². The van der Waals surface area contributed by atoms with Crippen molar-refractivity contribution in [1.82, 2.24) is 10.2 Å². The Morgan fingerprint density at radius 1 is 0.974 bits per heavy atom. The highest BCUT2D eigenvalue weighted by Gasteiger charge is 2.34. The molecule has 0 spiro atoms. The molecule has 0 radical (unpaired) electrons. The molecule has 0 saturated heterocycles. The first kappa shape index (κ1) is 30.0. The molecule has 0 bridgehead atoms. The Balaban J connectivity index is 2.05. The number of carbonyl (C=O) groups is 2. The van der Waals surface area contributed by atoms with Crippen LogP contribution in [0.25, 0.3) is 0 Å². The van der Waals surface area contributed by atoms with Crippen molar-refractivity contribution in [2.24, 2.45) is 0 Å². The van der Waals surface area contributed by atoms with Gasteiger partial charge in [0.25, 0.3) is 10.0 Å². The van der Waals surface area contributed by atoms with Crippen LogP contribution in [0, 0.1) is 0 Å². The van der Waals surface area contributed by atoms with Gasteiger partial charge in [-0.1, -0.05) is 54.9 Å². The summed E-state index contributed by atoms with van der Waals surface area (Å²) >= 11 is 6.21. The van der Waals surface area contributed by atoms with E-state index in [9.17, 15) is 18.0 Å². The van der Waals surface area contributed by atoms with E-state index in [2.05, 4.69) is 5.32 Å². The largest absolute Gasteiger partial charge is 0.497 e. The molecule has 2 amide bonds. The van der Waals surface area contributed by atoms with Crippen molar-refractivity contribution in [1.29, 1.82) is 0 Å². The molecule has 0 aliphatic rings. The number of rotatable bonds is 12. The molecule has 3 rings (SSSR count). The van der Waals surface area contributed by atoms with E-state index in [0.29, 0.717) is 17.2 Å². The number of anilines is 1. The van der Waals surface area contributed by atoms with Gasteiger partial charge in [0.2, 0.25) is 11.8 Å². The average molecular weight is 572 g/mol. The molecule has 0 heterocycles. The number of benzene rings is 3. The first-order valence-electron chi connectivity index (χ1n) is 12.6. The summed E-state index contributed by atoms with van der Waals surface area (Å²) in [6.45, 7) is 5.11. The molecule has 1 N–H and O–H groups in total. The molecule has 208 valence electrons. The molecular formula is C29H34ClN3O5S. The highest BCUT2D eigenvalue weighted by atomic mass is 35.5. The fraction of sp³-hybridized carbons (Fsp3) is 0.310. The third-order valence-electron chi connectivity index (χ3n) is 6.04. The average Bonchev–Trinajstić information content (AvgIpc) is 2.91. The Bertz CT molecular complexity index is 1370. The number of nitrogens with one attached hydrogen (secondary N) is 1. The number of carbonyl (C=O) groups excluding carboxylic acids is 2. The zero-order chi connectivity index (χ0) is 28.6. The maximum absolute atomic E-state index is 14.0. The first-order chi connectivity index (χ1) is 18.6. The number of hydrogen-bond donors (Lipinski definition) is 1. The Labute approximate surface area is 235 Å². The van der Waals surface area contributed by atoms with Crippen LogP contribution in [0.3, 0.4) is 0 Å². The van der Waals surface area contributed by atoms with Crippen LogP contribution in [-0.4, -0.2) is 50.9 Å². The summed E-state index contributed by atoms with van der Waals surface area (Å²) in [5.41, 5.74) is 1.04. The first-order valence-corrected chi connectivity index (χ1v) is 14.4. The van der Waals surface area contributed by atoms with Crippen LogP contribution in [0.5, 0.6) is 5.75 Å². The summed E-state index contributed by atoms with van der Waals surface area (Å²) in [7, 11) is -2.71. The van der Waals surface area contributed by atoms with Crippen LogP contribution in [0.2, 0.25) is 5.02 Å². The van der Waals surface area contributed by atoms with Crippen molar-refractivity contribution < 1.29 is 22.7 Å². The van der Waals surface area contributed by atoms with Crippen LogP contribution >= 0.6 is 11.6 Å². The van der Waals surface area contributed by atoms with Crippen molar-refractivity contribution in [3.8, 4) is 5.75 Å². The van der Waals surface area contributed by atoms with E-state index in [1.165, 1.54) is 42.3 Å². The van der Waals surface area contributed by atoms with Gasteiger partial charge in [-0.25, -0.2) is 8.42 Å². The number of amides is 2. The van der Waals surface area contributed by atoms with Gasteiger partial charge >= 0.3 is 0 Å². The Morgan fingerprint density at radius 2 is 1.64 bits per heavy atom. The van der Waals surface area contributed by atoms with Crippen LogP contribution < -0.4 is 14.4 Å². The fourth-order valence-electron chi connectivity index (χ4n) is 4.12. The molecule has 0 fully saturated rings. The topological polar surface area (TPSA) is 96.0 Å². The van der Waals surface area contributed by atoms with Crippen LogP contribution in [0.4, 0.5) is 5.69 Å². The second-order valence-electron chi connectivity index (χ2n) is 9.26. The minimum absolute atomic E-state index is 0.0183. The summed E-state index contributed by atoms with van der Waals surface area (Å²) in [5, 5.41) is 3.20. The second kappa shape index (κ2) is 13.5. The molecule has 1 atom stereocenters. The molecule has 10 heteroatoms. The third-order valence-corrected chi connectivity index (χ3v) is 8.06. The van der Waals surface area contributed by atoms with Gasteiger partial charge in [0.1, 0.15) is 18.3 Å². The lowest BCUT2D eigenvalue weighted by Gasteiger charge is -2.33. The van der Waals surface area contributed by atoms with Crippen molar-refractivity contribution in [3.63, 3.8) is 0 Å². The third kappa shape index (κ3) is 7.74. The van der Waals surface area contributed by atoms with Gasteiger partial charge in [-0.05, 0) is 68.3 Å². The van der Waals surface area contributed by atoms with Crippen molar-refractivity contribution >= 4 is 39.1 Å². The lowest BCUT2D eigenvalue weighted by Crippen LogP contribution is -2.53. The predicted octanol–water partition coefficient (Wildman–Crippen LogP) is 4.88. The molecule has 8 nitrogen and oxygen atoms in total. The highest BCUT2D eigenvalue weighted by molar-refractivity contribution is 7.92. The fourth-order valence-corrected chi connectivity index (χ4v) is 5.71. The molecule has 39 heavy (non-hydrogen) atoms. The number of ether oxygens (including phenoxy) is 1. The van der Waals surface area contributed by atoms with E-state index < -0.39 is 28.5 Å². The van der Waals surface area contributed by atoms with Crippen molar-refractivity contribution in [3.05, 3.63) is 89.4 Å². The van der Waals surface area contributed by atoms with Gasteiger partial charge < -0.3 is 15.0 Å². The molecule has 0 aliphatic heterocycles. The minimum atomic E-state index is -4.20.